The van der Waals surface area contributed by atoms with Crippen LogP contribution in [0.1, 0.15) is 22.3 Å². The molecule has 0 aliphatic heterocycles. The van der Waals surface area contributed by atoms with Crippen molar-refractivity contribution < 1.29 is 4.39 Å². The van der Waals surface area contributed by atoms with Crippen LogP contribution in [0.5, 0.6) is 0 Å². The zero-order valence-electron chi connectivity index (χ0n) is 11.6. The van der Waals surface area contributed by atoms with E-state index in [2.05, 4.69) is 6.58 Å². The molecule has 0 aromatic heterocycles. The lowest BCUT2D eigenvalue weighted by Crippen LogP contribution is -1.96. The third kappa shape index (κ3) is 3.45. The summed E-state index contributed by atoms with van der Waals surface area (Å²) in [5, 5.41) is 7.34. The van der Waals surface area contributed by atoms with Gasteiger partial charge in [0.1, 0.15) is 5.82 Å². The molecule has 0 fully saturated rings. The van der Waals surface area contributed by atoms with Crippen LogP contribution in [0.4, 0.5) is 4.39 Å². The average Bonchev–Trinajstić information content (AvgIpc) is 2.52. The van der Waals surface area contributed by atoms with Crippen molar-refractivity contribution in [2.45, 2.75) is 6.42 Å². The van der Waals surface area contributed by atoms with Gasteiger partial charge in [-0.25, -0.2) is 4.39 Å². The maximum atomic E-state index is 12.9. The lowest BCUT2D eigenvalue weighted by atomic mass is 9.95. The van der Waals surface area contributed by atoms with E-state index in [9.17, 15) is 4.39 Å². The lowest BCUT2D eigenvalue weighted by Gasteiger charge is -2.09. The van der Waals surface area contributed by atoms with E-state index >= 15 is 0 Å². The van der Waals surface area contributed by atoms with E-state index in [0.717, 1.165) is 22.3 Å². The monoisotopic (exact) mass is 280 g/mol. The Morgan fingerprint density at radius 3 is 2.48 bits per heavy atom. The minimum Gasteiger partial charge on any atom is -0.404 e. The predicted octanol–water partition coefficient (Wildman–Crippen LogP) is 4.01. The van der Waals surface area contributed by atoms with Gasteiger partial charge in [0.25, 0.3) is 0 Å². The van der Waals surface area contributed by atoms with Gasteiger partial charge in [0.15, 0.2) is 0 Å². The fourth-order valence-corrected chi connectivity index (χ4v) is 2.18. The van der Waals surface area contributed by atoms with Crippen LogP contribution < -0.4 is 5.73 Å². The van der Waals surface area contributed by atoms with Gasteiger partial charge in [-0.3, -0.25) is 0 Å². The number of benzene rings is 2. The Bertz CT molecular complexity index is 685. The molecule has 0 unspecified atom stereocenters. The highest BCUT2D eigenvalue weighted by atomic mass is 19.1. The Kier molecular flexibility index (Phi) is 4.67. The Hall–Kier alpha value is -2.68. The van der Waals surface area contributed by atoms with Crippen LogP contribution in [0, 0.1) is 11.2 Å². The van der Waals surface area contributed by atoms with E-state index in [1.165, 1.54) is 24.5 Å². The highest BCUT2D eigenvalue weighted by molar-refractivity contribution is 6.08. The third-order valence-corrected chi connectivity index (χ3v) is 3.34. The van der Waals surface area contributed by atoms with E-state index in [1.807, 2.05) is 18.2 Å². The molecule has 21 heavy (non-hydrogen) atoms. The van der Waals surface area contributed by atoms with E-state index in [4.69, 9.17) is 11.1 Å². The highest BCUT2D eigenvalue weighted by Gasteiger charge is 2.05. The number of halogens is 1. The summed E-state index contributed by atoms with van der Waals surface area (Å²) in [4.78, 5) is 0. The van der Waals surface area contributed by atoms with Crippen molar-refractivity contribution >= 4 is 17.9 Å². The summed E-state index contributed by atoms with van der Waals surface area (Å²) in [7, 11) is 0. The highest BCUT2D eigenvalue weighted by Crippen LogP contribution is 2.21. The van der Waals surface area contributed by atoms with Crippen LogP contribution in [-0.4, -0.2) is 6.21 Å². The number of rotatable bonds is 5. The van der Waals surface area contributed by atoms with E-state index < -0.39 is 0 Å². The topological polar surface area (TPSA) is 49.9 Å². The zero-order valence-corrected chi connectivity index (χ0v) is 11.6. The van der Waals surface area contributed by atoms with Crippen LogP contribution in [0.25, 0.3) is 11.6 Å². The van der Waals surface area contributed by atoms with Gasteiger partial charge in [-0.05, 0) is 46.9 Å². The summed E-state index contributed by atoms with van der Waals surface area (Å²) in [6, 6.07) is 12.3. The first kappa shape index (κ1) is 14.7. The molecule has 0 aliphatic rings. The smallest absolute Gasteiger partial charge is 0.123 e. The molecule has 2 nitrogen and oxygen atoms in total. The summed E-state index contributed by atoms with van der Waals surface area (Å²) >= 11 is 0. The minimum absolute atomic E-state index is 0.234. The maximum Gasteiger partial charge on any atom is 0.123 e. The molecule has 0 radical (unpaired) electrons. The average molecular weight is 280 g/mol. The molecule has 2 rings (SSSR count). The maximum absolute atomic E-state index is 12.9. The van der Waals surface area contributed by atoms with Crippen molar-refractivity contribution in [2.75, 3.05) is 0 Å². The molecule has 3 N–H and O–H groups in total. The molecule has 0 amide bonds. The number of nitrogens with one attached hydrogen (secondary N) is 1. The number of nitrogens with two attached hydrogens (primary N) is 1. The van der Waals surface area contributed by atoms with Crippen LogP contribution >= 0.6 is 0 Å². The largest absolute Gasteiger partial charge is 0.404 e. The van der Waals surface area contributed by atoms with Crippen LogP contribution in [0.3, 0.4) is 0 Å². The summed E-state index contributed by atoms with van der Waals surface area (Å²) in [5.41, 5.74) is 10.2. The molecule has 106 valence electrons. The van der Waals surface area contributed by atoms with E-state index in [0.29, 0.717) is 12.0 Å². The molecular weight excluding hydrogens is 263 g/mol. The predicted molar refractivity (Wildman–Crippen MR) is 86.7 cm³/mol. The first-order valence-electron chi connectivity index (χ1n) is 6.60. The summed E-state index contributed by atoms with van der Waals surface area (Å²) in [5.74, 6) is -0.234. The Labute approximate surface area is 123 Å². The van der Waals surface area contributed by atoms with Gasteiger partial charge in [0.2, 0.25) is 0 Å². The molecule has 0 bridgehead atoms. The molecule has 2 aromatic rings. The molecule has 0 heterocycles. The second-order valence-electron chi connectivity index (χ2n) is 4.69. The third-order valence-electron chi connectivity index (χ3n) is 3.34. The normalized spacial score (nSPS) is 11.2. The number of hydrogen-bond acceptors (Lipinski definition) is 2. The molecule has 0 saturated carbocycles. The van der Waals surface area contributed by atoms with Gasteiger partial charge in [-0.1, -0.05) is 36.9 Å². The van der Waals surface area contributed by atoms with Crippen LogP contribution in [0.2, 0.25) is 0 Å². The van der Waals surface area contributed by atoms with Gasteiger partial charge in [-0.15, -0.1) is 0 Å². The van der Waals surface area contributed by atoms with Crippen molar-refractivity contribution in [2.24, 2.45) is 5.73 Å². The van der Waals surface area contributed by atoms with Gasteiger partial charge < -0.3 is 11.1 Å². The Morgan fingerprint density at radius 1 is 1.19 bits per heavy atom. The molecule has 0 spiro atoms. The summed E-state index contributed by atoms with van der Waals surface area (Å²) in [6.45, 7) is 3.83. The van der Waals surface area contributed by atoms with Crippen molar-refractivity contribution in [1.82, 2.24) is 0 Å². The molecule has 0 aliphatic carbocycles. The van der Waals surface area contributed by atoms with Gasteiger partial charge in [-0.2, -0.15) is 0 Å². The SMILES string of the molecule is C=Cc1cc(/C(C=N)=C/N)ccc1Cc1ccc(F)cc1. The quantitative estimate of drug-likeness (QED) is 0.799. The number of allylic oxidation sites excluding steroid dienone is 1. The van der Waals surface area contributed by atoms with Crippen molar-refractivity contribution in [3.8, 4) is 0 Å². The second-order valence-corrected chi connectivity index (χ2v) is 4.69. The molecule has 0 saturated heterocycles. The fraction of sp³-hybridized carbons (Fsp3) is 0.0556. The molecule has 3 heteroatoms. The van der Waals surface area contributed by atoms with Crippen molar-refractivity contribution in [3.05, 3.63) is 83.3 Å². The fourth-order valence-electron chi connectivity index (χ4n) is 2.18. The van der Waals surface area contributed by atoms with Gasteiger partial charge in [0, 0.05) is 18.0 Å². The van der Waals surface area contributed by atoms with Crippen LogP contribution in [-0.2, 0) is 6.42 Å². The second kappa shape index (κ2) is 6.66. The van der Waals surface area contributed by atoms with E-state index in [-0.39, 0.29) is 5.82 Å². The standard InChI is InChI=1S/C18H17FN2/c1-2-14-10-16(17(11-20)12-21)6-5-15(14)9-13-3-7-18(19)8-4-13/h2-8,10-12,20H,1,9,21H2/b17-12+,20-11?. The van der Waals surface area contributed by atoms with Gasteiger partial charge >= 0.3 is 0 Å². The Balaban J connectivity index is 2.34. The molecular formula is C18H17FN2. The van der Waals surface area contributed by atoms with Gasteiger partial charge in [0.05, 0.1) is 0 Å². The molecule has 0 atom stereocenters. The minimum atomic E-state index is -0.234. The van der Waals surface area contributed by atoms with Crippen molar-refractivity contribution in [1.29, 1.82) is 5.41 Å². The van der Waals surface area contributed by atoms with Crippen molar-refractivity contribution in [3.63, 3.8) is 0 Å². The first-order valence-corrected chi connectivity index (χ1v) is 6.60. The zero-order chi connectivity index (χ0) is 15.2. The Morgan fingerprint density at radius 2 is 1.90 bits per heavy atom. The summed E-state index contributed by atoms with van der Waals surface area (Å²) < 4.78 is 12.9. The first-order chi connectivity index (χ1) is 10.2. The molecule has 2 aromatic carbocycles. The number of hydrogen-bond donors (Lipinski definition) is 2. The van der Waals surface area contributed by atoms with E-state index in [1.54, 1.807) is 18.2 Å². The van der Waals surface area contributed by atoms with Crippen LogP contribution in [0.15, 0.2) is 55.2 Å². The lowest BCUT2D eigenvalue weighted by molar-refractivity contribution is 0.627. The summed E-state index contributed by atoms with van der Waals surface area (Å²) in [6.07, 6.45) is 5.12.